The van der Waals surface area contributed by atoms with Crippen LogP contribution in [0.3, 0.4) is 0 Å². The maximum atomic E-state index is 12.0. The molecule has 0 aromatic heterocycles. The molecule has 0 fully saturated rings. The van der Waals surface area contributed by atoms with Crippen LogP contribution in [-0.2, 0) is 15.5 Å². The lowest BCUT2D eigenvalue weighted by Gasteiger charge is -2.24. The Morgan fingerprint density at radius 1 is 1.19 bits per heavy atom. The predicted molar refractivity (Wildman–Crippen MR) is 85.8 cm³/mol. The van der Waals surface area contributed by atoms with Crippen LogP contribution in [-0.4, -0.2) is 40.1 Å². The molecule has 1 amide bonds. The highest BCUT2D eigenvalue weighted by Gasteiger charge is 2.19. The molecule has 0 radical (unpaired) electrons. The molecule has 0 N–H and O–H groups in total. The van der Waals surface area contributed by atoms with Crippen molar-refractivity contribution in [2.75, 3.05) is 19.3 Å². The van der Waals surface area contributed by atoms with Crippen LogP contribution in [0, 0.1) is 0 Å². The van der Waals surface area contributed by atoms with E-state index >= 15 is 0 Å². The summed E-state index contributed by atoms with van der Waals surface area (Å²) in [7, 11) is 0.765. The Balaban J connectivity index is 2.25. The normalized spacial score (nSPS) is 12.8. The van der Waals surface area contributed by atoms with Gasteiger partial charge in [-0.2, -0.15) is 0 Å². The number of carbonyl (C=O) groups is 1. The highest BCUT2D eigenvalue weighted by molar-refractivity contribution is 7.85. The second-order valence-corrected chi connectivity index (χ2v) is 7.54. The lowest BCUT2D eigenvalue weighted by molar-refractivity contribution is 0.0297. The third kappa shape index (κ3) is 7.27. The maximum absolute atomic E-state index is 12.0. The minimum atomic E-state index is -0.959. The smallest absolute Gasteiger partial charge is 0.410 e. The summed E-state index contributed by atoms with van der Waals surface area (Å²) in [5, 5.41) is 0. The Bertz CT molecular complexity index is 468. The van der Waals surface area contributed by atoms with Crippen LogP contribution in [0.15, 0.2) is 35.2 Å². The minimum Gasteiger partial charge on any atom is -0.444 e. The number of hydrogen-bond donors (Lipinski definition) is 0. The molecule has 0 saturated carbocycles. The molecule has 1 unspecified atom stereocenters. The SMILES string of the molecule is CN(CCCCS(=O)c1ccccc1)C(=O)OC(C)(C)C. The van der Waals surface area contributed by atoms with Gasteiger partial charge in [-0.15, -0.1) is 0 Å². The summed E-state index contributed by atoms with van der Waals surface area (Å²) in [4.78, 5) is 14.2. The molecule has 0 bridgehead atoms. The molecule has 21 heavy (non-hydrogen) atoms. The van der Waals surface area contributed by atoms with E-state index in [9.17, 15) is 9.00 Å². The number of nitrogens with zero attached hydrogens (tertiary/aromatic N) is 1. The summed E-state index contributed by atoms with van der Waals surface area (Å²) in [6, 6.07) is 9.45. The van der Waals surface area contributed by atoms with Crippen molar-refractivity contribution in [1.29, 1.82) is 0 Å². The van der Waals surface area contributed by atoms with Crippen LogP contribution in [0.25, 0.3) is 0 Å². The molecule has 5 heteroatoms. The topological polar surface area (TPSA) is 46.6 Å². The Hall–Kier alpha value is -1.36. The first-order valence-electron chi connectivity index (χ1n) is 7.17. The van der Waals surface area contributed by atoms with Gasteiger partial charge in [-0.05, 0) is 45.7 Å². The second kappa shape index (κ2) is 8.17. The van der Waals surface area contributed by atoms with Gasteiger partial charge in [0.25, 0.3) is 0 Å². The highest BCUT2D eigenvalue weighted by atomic mass is 32.2. The van der Waals surface area contributed by atoms with Crippen molar-refractivity contribution in [3.8, 4) is 0 Å². The summed E-state index contributed by atoms with van der Waals surface area (Å²) in [5.74, 6) is 0.617. The monoisotopic (exact) mass is 311 g/mol. The minimum absolute atomic E-state index is 0.313. The lowest BCUT2D eigenvalue weighted by Crippen LogP contribution is -2.34. The molecular weight excluding hydrogens is 286 g/mol. The lowest BCUT2D eigenvalue weighted by atomic mass is 10.2. The van der Waals surface area contributed by atoms with E-state index in [1.165, 1.54) is 0 Å². The van der Waals surface area contributed by atoms with Gasteiger partial charge >= 0.3 is 6.09 Å². The van der Waals surface area contributed by atoms with Gasteiger partial charge in [-0.1, -0.05) is 18.2 Å². The van der Waals surface area contributed by atoms with E-state index in [2.05, 4.69) is 0 Å². The average molecular weight is 311 g/mol. The quantitative estimate of drug-likeness (QED) is 0.756. The van der Waals surface area contributed by atoms with Gasteiger partial charge in [-0.25, -0.2) is 4.79 Å². The van der Waals surface area contributed by atoms with Crippen LogP contribution in [0.5, 0.6) is 0 Å². The summed E-state index contributed by atoms with van der Waals surface area (Å²) >= 11 is 0. The molecule has 0 saturated heterocycles. The van der Waals surface area contributed by atoms with Crippen molar-refractivity contribution in [3.05, 3.63) is 30.3 Å². The first kappa shape index (κ1) is 17.7. The average Bonchev–Trinajstić information content (AvgIpc) is 2.42. The molecule has 4 nitrogen and oxygen atoms in total. The molecule has 0 spiro atoms. The van der Waals surface area contributed by atoms with E-state index in [4.69, 9.17) is 4.74 Å². The van der Waals surface area contributed by atoms with Gasteiger partial charge in [0, 0.05) is 24.2 Å². The van der Waals surface area contributed by atoms with Crippen molar-refractivity contribution < 1.29 is 13.7 Å². The van der Waals surface area contributed by atoms with Gasteiger partial charge in [0.1, 0.15) is 5.60 Å². The molecule has 1 atom stereocenters. The van der Waals surface area contributed by atoms with Crippen LogP contribution in [0.4, 0.5) is 4.79 Å². The summed E-state index contributed by atoms with van der Waals surface area (Å²) in [6.07, 6.45) is 1.31. The zero-order chi connectivity index (χ0) is 15.9. The standard InChI is InChI=1S/C16H25NO3S/c1-16(2,3)20-15(18)17(4)12-8-9-13-21(19)14-10-6-5-7-11-14/h5-7,10-11H,8-9,12-13H2,1-4H3. The first-order valence-corrected chi connectivity index (χ1v) is 8.49. The van der Waals surface area contributed by atoms with Crippen molar-refractivity contribution in [3.63, 3.8) is 0 Å². The van der Waals surface area contributed by atoms with E-state index in [0.29, 0.717) is 12.3 Å². The fourth-order valence-electron chi connectivity index (χ4n) is 1.70. The fourth-order valence-corrected chi connectivity index (χ4v) is 2.87. The molecule has 1 aromatic carbocycles. The third-order valence-corrected chi connectivity index (χ3v) is 4.24. The van der Waals surface area contributed by atoms with E-state index < -0.39 is 16.4 Å². The molecule has 1 rings (SSSR count). The Morgan fingerprint density at radius 2 is 1.81 bits per heavy atom. The largest absolute Gasteiger partial charge is 0.444 e. The van der Waals surface area contributed by atoms with Crippen LogP contribution in [0.2, 0.25) is 0 Å². The van der Waals surface area contributed by atoms with Crippen molar-refractivity contribution in [1.82, 2.24) is 4.90 Å². The Labute approximate surface area is 129 Å². The molecule has 1 aromatic rings. The van der Waals surface area contributed by atoms with E-state index in [1.807, 2.05) is 51.1 Å². The van der Waals surface area contributed by atoms with Crippen LogP contribution >= 0.6 is 0 Å². The summed E-state index contributed by atoms with van der Waals surface area (Å²) in [6.45, 7) is 6.16. The molecule has 118 valence electrons. The van der Waals surface area contributed by atoms with Gasteiger partial charge in [0.15, 0.2) is 0 Å². The molecule has 0 heterocycles. The molecule has 0 aliphatic heterocycles. The third-order valence-electron chi connectivity index (χ3n) is 2.78. The van der Waals surface area contributed by atoms with Crippen molar-refractivity contribution >= 4 is 16.9 Å². The molecule has 0 aliphatic carbocycles. The predicted octanol–water partition coefficient (Wildman–Crippen LogP) is 3.44. The summed E-state index contributed by atoms with van der Waals surface area (Å²) in [5.41, 5.74) is -0.472. The number of benzene rings is 1. The second-order valence-electron chi connectivity index (χ2n) is 5.97. The first-order chi connectivity index (χ1) is 9.79. The van der Waals surface area contributed by atoms with Crippen molar-refractivity contribution in [2.45, 2.75) is 44.1 Å². The van der Waals surface area contributed by atoms with Gasteiger partial charge in [-0.3, -0.25) is 4.21 Å². The Kier molecular flexibility index (Phi) is 6.89. The van der Waals surface area contributed by atoms with Crippen LogP contribution in [0.1, 0.15) is 33.6 Å². The zero-order valence-electron chi connectivity index (χ0n) is 13.3. The number of amides is 1. The number of unbranched alkanes of at least 4 members (excludes halogenated alkanes) is 1. The Morgan fingerprint density at radius 3 is 2.38 bits per heavy atom. The van der Waals surface area contributed by atoms with E-state index in [-0.39, 0.29) is 6.09 Å². The summed E-state index contributed by atoms with van der Waals surface area (Å²) < 4.78 is 17.3. The number of hydrogen-bond acceptors (Lipinski definition) is 3. The molecular formula is C16H25NO3S. The van der Waals surface area contributed by atoms with Gasteiger partial charge < -0.3 is 9.64 Å². The van der Waals surface area contributed by atoms with Crippen LogP contribution < -0.4 is 0 Å². The number of ether oxygens (including phenoxy) is 1. The number of carbonyl (C=O) groups excluding carboxylic acids is 1. The zero-order valence-corrected chi connectivity index (χ0v) is 14.1. The van der Waals surface area contributed by atoms with E-state index in [1.54, 1.807) is 11.9 Å². The molecule has 0 aliphatic rings. The number of rotatable bonds is 6. The highest BCUT2D eigenvalue weighted by Crippen LogP contribution is 2.10. The maximum Gasteiger partial charge on any atom is 0.410 e. The fraction of sp³-hybridized carbons (Fsp3) is 0.562. The van der Waals surface area contributed by atoms with Gasteiger partial charge in [0.2, 0.25) is 0 Å². The van der Waals surface area contributed by atoms with Gasteiger partial charge in [0.05, 0.1) is 10.8 Å². The van der Waals surface area contributed by atoms with Crippen molar-refractivity contribution in [2.24, 2.45) is 0 Å². The van der Waals surface area contributed by atoms with E-state index in [0.717, 1.165) is 17.7 Å².